The van der Waals surface area contributed by atoms with Crippen molar-refractivity contribution in [2.75, 3.05) is 6.54 Å². The third kappa shape index (κ3) is 9.12. The van der Waals surface area contributed by atoms with Crippen LogP contribution in [0.3, 0.4) is 0 Å². The largest absolute Gasteiger partial charge is 0.480 e. The van der Waals surface area contributed by atoms with Crippen molar-refractivity contribution in [1.82, 2.24) is 20.6 Å². The Bertz CT molecular complexity index is 598. The van der Waals surface area contributed by atoms with Gasteiger partial charge in [0, 0.05) is 12.4 Å². The molecule has 0 radical (unpaired) electrons. The highest BCUT2D eigenvalue weighted by atomic mass is 16.4. The number of amides is 2. The molecule has 0 bridgehead atoms. The fourth-order valence-corrected chi connectivity index (χ4v) is 2.59. The molecule has 3 N–H and O–H groups in total. The van der Waals surface area contributed by atoms with Crippen LogP contribution < -0.4 is 10.6 Å². The van der Waals surface area contributed by atoms with Crippen LogP contribution in [-0.2, 0) is 9.59 Å². The molecule has 8 nitrogen and oxygen atoms in total. The molecule has 1 aromatic rings. The van der Waals surface area contributed by atoms with Gasteiger partial charge in [-0.1, -0.05) is 59.3 Å². The first-order chi connectivity index (χ1) is 12.7. The van der Waals surface area contributed by atoms with E-state index in [0.717, 1.165) is 0 Å². The second-order valence-electron chi connectivity index (χ2n) is 7.60. The van der Waals surface area contributed by atoms with Crippen LogP contribution in [0.25, 0.3) is 0 Å². The average molecular weight is 378 g/mol. The molecule has 1 unspecified atom stereocenters. The van der Waals surface area contributed by atoms with Gasteiger partial charge in [0.2, 0.25) is 5.91 Å². The van der Waals surface area contributed by atoms with Gasteiger partial charge in [-0.05, 0) is 5.41 Å². The maximum atomic E-state index is 11.7. The number of nitrogens with zero attached hydrogens (tertiary/aromatic N) is 2. The maximum absolute atomic E-state index is 11.7. The third-order valence-electron chi connectivity index (χ3n) is 4.12. The third-order valence-corrected chi connectivity index (χ3v) is 4.12. The number of carbonyl (C=O) groups is 3. The predicted molar refractivity (Wildman–Crippen MR) is 101 cm³/mol. The molecule has 1 aromatic heterocycles. The zero-order chi connectivity index (χ0) is 20.3. The van der Waals surface area contributed by atoms with Crippen molar-refractivity contribution >= 4 is 17.8 Å². The van der Waals surface area contributed by atoms with Crippen molar-refractivity contribution < 1.29 is 19.5 Å². The molecule has 27 heavy (non-hydrogen) atoms. The molecule has 0 saturated heterocycles. The molecule has 1 aliphatic carbocycles. The summed E-state index contributed by atoms with van der Waals surface area (Å²) in [6, 6.07) is -1.04. The van der Waals surface area contributed by atoms with Crippen LogP contribution in [0.15, 0.2) is 18.6 Å². The fourth-order valence-electron chi connectivity index (χ4n) is 2.59. The Labute approximate surface area is 160 Å². The van der Waals surface area contributed by atoms with E-state index in [2.05, 4.69) is 20.6 Å². The van der Waals surface area contributed by atoms with Gasteiger partial charge in [0.15, 0.2) is 0 Å². The highest BCUT2D eigenvalue weighted by Gasteiger charge is 2.32. The monoisotopic (exact) mass is 378 g/mol. The van der Waals surface area contributed by atoms with E-state index in [1.54, 1.807) is 20.8 Å². The van der Waals surface area contributed by atoms with Gasteiger partial charge >= 0.3 is 5.97 Å². The zero-order valence-corrected chi connectivity index (χ0v) is 16.3. The first-order valence-corrected chi connectivity index (χ1v) is 9.28. The Morgan fingerprint density at radius 1 is 1.07 bits per heavy atom. The van der Waals surface area contributed by atoms with E-state index in [0.29, 0.717) is 0 Å². The van der Waals surface area contributed by atoms with Gasteiger partial charge < -0.3 is 15.7 Å². The number of carboxylic acids is 1. The van der Waals surface area contributed by atoms with E-state index in [-0.39, 0.29) is 12.2 Å². The number of carboxylic acid groups (broad SMARTS) is 1. The van der Waals surface area contributed by atoms with E-state index in [1.807, 2.05) is 0 Å². The summed E-state index contributed by atoms with van der Waals surface area (Å²) in [6.07, 6.45) is 13.0. The topological polar surface area (TPSA) is 121 Å². The van der Waals surface area contributed by atoms with Crippen LogP contribution in [0.5, 0.6) is 0 Å². The summed E-state index contributed by atoms with van der Waals surface area (Å²) >= 11 is 0. The minimum atomic E-state index is -1.13. The summed E-state index contributed by atoms with van der Waals surface area (Å²) in [5, 5.41) is 13.8. The van der Waals surface area contributed by atoms with Gasteiger partial charge in [-0.25, -0.2) is 9.78 Å². The second-order valence-corrected chi connectivity index (χ2v) is 7.60. The van der Waals surface area contributed by atoms with Crippen LogP contribution in [0.4, 0.5) is 0 Å². The lowest BCUT2D eigenvalue weighted by Gasteiger charge is -2.27. The summed E-state index contributed by atoms with van der Waals surface area (Å²) in [7, 11) is 0. The van der Waals surface area contributed by atoms with Gasteiger partial charge in [-0.3, -0.25) is 14.6 Å². The Hall–Kier alpha value is -2.51. The molecule has 0 aromatic carbocycles. The molecule has 1 fully saturated rings. The lowest BCUT2D eigenvalue weighted by molar-refractivity contribution is -0.144. The zero-order valence-electron chi connectivity index (χ0n) is 16.3. The number of aromatic nitrogens is 2. The first kappa shape index (κ1) is 22.5. The van der Waals surface area contributed by atoms with Gasteiger partial charge in [-0.2, -0.15) is 0 Å². The van der Waals surface area contributed by atoms with Crippen LogP contribution in [0.1, 0.15) is 69.8 Å². The molecule has 2 amide bonds. The van der Waals surface area contributed by atoms with Crippen molar-refractivity contribution in [3.8, 4) is 0 Å². The molecular weight excluding hydrogens is 348 g/mol. The minimum Gasteiger partial charge on any atom is -0.480 e. The molecule has 1 aliphatic rings. The minimum absolute atomic E-state index is 0.0795. The van der Waals surface area contributed by atoms with E-state index in [1.165, 1.54) is 57.1 Å². The van der Waals surface area contributed by atoms with Gasteiger partial charge in [0.25, 0.3) is 5.91 Å². The molecule has 1 atom stereocenters. The number of aliphatic carboxylic acids is 1. The standard InChI is InChI=1S/C13H18N4O4.C6H12/c1-13(2,3)10(12(20)21)17-9(18)7-16-11(19)8-6-14-4-5-15-8;1-2-4-6-5-3-1/h4-6,10H,7H2,1-3H3,(H,16,19)(H,17,18)(H,20,21);1-6H2. The van der Waals surface area contributed by atoms with Crippen LogP contribution >= 0.6 is 0 Å². The Morgan fingerprint density at radius 2 is 1.63 bits per heavy atom. The number of nitrogens with one attached hydrogen (secondary N) is 2. The second kappa shape index (κ2) is 11.3. The number of rotatable bonds is 5. The number of carbonyl (C=O) groups excluding carboxylic acids is 2. The molecule has 8 heteroatoms. The van der Waals surface area contributed by atoms with Crippen LogP contribution in [0, 0.1) is 5.41 Å². The Balaban J connectivity index is 0.000000511. The van der Waals surface area contributed by atoms with Crippen LogP contribution in [0.2, 0.25) is 0 Å². The van der Waals surface area contributed by atoms with Crippen molar-refractivity contribution in [2.45, 2.75) is 65.3 Å². The van der Waals surface area contributed by atoms with Crippen molar-refractivity contribution in [3.05, 3.63) is 24.3 Å². The van der Waals surface area contributed by atoms with Gasteiger partial charge in [0.05, 0.1) is 12.7 Å². The normalized spacial score (nSPS) is 14.9. The number of hydrogen-bond acceptors (Lipinski definition) is 5. The number of hydrogen-bond donors (Lipinski definition) is 3. The summed E-state index contributed by atoms with van der Waals surface area (Å²) in [5.41, 5.74) is -0.563. The molecule has 1 heterocycles. The quantitative estimate of drug-likeness (QED) is 0.722. The molecule has 0 spiro atoms. The Morgan fingerprint density at radius 3 is 2.04 bits per heavy atom. The van der Waals surface area contributed by atoms with E-state index < -0.39 is 29.2 Å². The lowest BCUT2D eigenvalue weighted by Crippen LogP contribution is -2.51. The molecular formula is C19H30N4O4. The van der Waals surface area contributed by atoms with E-state index >= 15 is 0 Å². The fraction of sp³-hybridized carbons (Fsp3) is 0.632. The predicted octanol–water partition coefficient (Wildman–Crippen LogP) is 2.16. The highest BCUT2D eigenvalue weighted by molar-refractivity contribution is 5.95. The summed E-state index contributed by atoms with van der Waals surface area (Å²) in [6.45, 7) is 4.76. The Kier molecular flexibility index (Phi) is 9.39. The maximum Gasteiger partial charge on any atom is 0.326 e. The average Bonchev–Trinajstić information content (AvgIpc) is 2.65. The van der Waals surface area contributed by atoms with Crippen molar-refractivity contribution in [1.29, 1.82) is 0 Å². The van der Waals surface area contributed by atoms with Gasteiger partial charge in [-0.15, -0.1) is 0 Å². The first-order valence-electron chi connectivity index (χ1n) is 9.28. The highest BCUT2D eigenvalue weighted by Crippen LogP contribution is 2.19. The molecule has 0 aliphatic heterocycles. The molecule has 1 saturated carbocycles. The SMILES string of the molecule is C1CCCCC1.CC(C)(C)C(NC(=O)CNC(=O)c1cnccn1)C(=O)O. The van der Waals surface area contributed by atoms with E-state index in [9.17, 15) is 14.4 Å². The lowest BCUT2D eigenvalue weighted by atomic mass is 9.87. The van der Waals surface area contributed by atoms with Crippen LogP contribution in [-0.4, -0.2) is 45.4 Å². The summed E-state index contributed by atoms with van der Waals surface area (Å²) in [5.74, 6) is -2.27. The molecule has 2 rings (SSSR count). The summed E-state index contributed by atoms with van der Waals surface area (Å²) < 4.78 is 0. The van der Waals surface area contributed by atoms with Crippen molar-refractivity contribution in [3.63, 3.8) is 0 Å². The smallest absolute Gasteiger partial charge is 0.326 e. The summed E-state index contributed by atoms with van der Waals surface area (Å²) in [4.78, 5) is 42.0. The van der Waals surface area contributed by atoms with E-state index in [4.69, 9.17) is 5.11 Å². The molecule has 150 valence electrons. The van der Waals surface area contributed by atoms with Gasteiger partial charge in [0.1, 0.15) is 11.7 Å². The van der Waals surface area contributed by atoms with Crippen molar-refractivity contribution in [2.24, 2.45) is 5.41 Å².